The lowest BCUT2D eigenvalue weighted by atomic mass is 9.81. The first kappa shape index (κ1) is 16.4. The van der Waals surface area contributed by atoms with Crippen molar-refractivity contribution in [3.05, 3.63) is 29.8 Å². The zero-order valence-corrected chi connectivity index (χ0v) is 14.0. The van der Waals surface area contributed by atoms with Crippen molar-refractivity contribution in [1.82, 2.24) is 4.72 Å². The van der Waals surface area contributed by atoms with E-state index in [1.807, 2.05) is 0 Å². The number of nitrogens with one attached hydrogen (secondary N) is 1. The van der Waals surface area contributed by atoms with Gasteiger partial charge in [0.05, 0.1) is 4.90 Å². The molecular formula is C15H22N2O2S2. The van der Waals surface area contributed by atoms with E-state index in [9.17, 15) is 8.42 Å². The molecule has 4 nitrogen and oxygen atoms in total. The average Bonchev–Trinajstić information content (AvgIpc) is 2.37. The first-order valence-electron chi connectivity index (χ1n) is 7.20. The lowest BCUT2D eigenvalue weighted by Crippen LogP contribution is -2.40. The molecule has 1 fully saturated rings. The van der Waals surface area contributed by atoms with Crippen LogP contribution in [0.5, 0.6) is 0 Å². The molecule has 0 amide bonds. The summed E-state index contributed by atoms with van der Waals surface area (Å²) in [6.07, 6.45) is 2.94. The highest BCUT2D eigenvalue weighted by atomic mass is 32.2. The third-order valence-electron chi connectivity index (χ3n) is 3.93. The van der Waals surface area contributed by atoms with Crippen LogP contribution < -0.4 is 10.5 Å². The second-order valence-electron chi connectivity index (χ2n) is 6.13. The minimum Gasteiger partial charge on any atom is -0.389 e. The van der Waals surface area contributed by atoms with Crippen LogP contribution in [-0.2, 0) is 10.0 Å². The van der Waals surface area contributed by atoms with Gasteiger partial charge in [0.25, 0.3) is 0 Å². The molecular weight excluding hydrogens is 304 g/mol. The van der Waals surface area contributed by atoms with Gasteiger partial charge in [0.1, 0.15) is 4.99 Å². The van der Waals surface area contributed by atoms with Crippen LogP contribution in [-0.4, -0.2) is 19.4 Å². The number of thiocarbonyl (C=S) groups is 1. The Morgan fingerprint density at radius 2 is 1.86 bits per heavy atom. The van der Waals surface area contributed by atoms with Crippen LogP contribution in [0.25, 0.3) is 0 Å². The molecule has 0 aliphatic heterocycles. The Morgan fingerprint density at radius 3 is 2.43 bits per heavy atom. The van der Waals surface area contributed by atoms with Crippen molar-refractivity contribution in [1.29, 1.82) is 0 Å². The smallest absolute Gasteiger partial charge is 0.240 e. The summed E-state index contributed by atoms with van der Waals surface area (Å²) in [6.45, 7) is 4.34. The maximum absolute atomic E-state index is 12.5. The standard InChI is InChI=1S/C15H22N2O2S2/c1-10-6-11(2)8-13(7-10)17-21(18,19)14-5-3-4-12(9-14)15(16)20/h3-5,9-11,13,17H,6-8H2,1-2H3,(H2,16,20). The molecule has 1 aliphatic rings. The topological polar surface area (TPSA) is 72.2 Å². The van der Waals surface area contributed by atoms with Crippen molar-refractivity contribution in [3.63, 3.8) is 0 Å². The molecule has 1 saturated carbocycles. The SMILES string of the molecule is CC1CC(C)CC(NS(=O)(=O)c2cccc(C(N)=S)c2)C1. The van der Waals surface area contributed by atoms with Crippen LogP contribution in [0.2, 0.25) is 0 Å². The largest absolute Gasteiger partial charge is 0.389 e. The van der Waals surface area contributed by atoms with E-state index in [-0.39, 0.29) is 15.9 Å². The summed E-state index contributed by atoms with van der Waals surface area (Å²) in [6, 6.07) is 6.48. The third-order valence-corrected chi connectivity index (χ3v) is 5.68. The van der Waals surface area contributed by atoms with Crippen LogP contribution >= 0.6 is 12.2 Å². The fourth-order valence-electron chi connectivity index (χ4n) is 3.15. The molecule has 0 bridgehead atoms. The van der Waals surface area contributed by atoms with E-state index in [1.165, 1.54) is 6.07 Å². The van der Waals surface area contributed by atoms with Crippen LogP contribution in [0.3, 0.4) is 0 Å². The van der Waals surface area contributed by atoms with Crippen molar-refractivity contribution in [2.45, 2.75) is 44.0 Å². The van der Waals surface area contributed by atoms with E-state index in [1.54, 1.807) is 18.2 Å². The molecule has 1 aromatic carbocycles. The minimum atomic E-state index is -3.53. The van der Waals surface area contributed by atoms with Crippen molar-refractivity contribution < 1.29 is 8.42 Å². The summed E-state index contributed by atoms with van der Waals surface area (Å²) >= 11 is 4.90. The van der Waals surface area contributed by atoms with Crippen molar-refractivity contribution in [3.8, 4) is 0 Å². The zero-order chi connectivity index (χ0) is 15.6. The van der Waals surface area contributed by atoms with E-state index in [0.717, 1.165) is 19.3 Å². The Kier molecular flexibility index (Phi) is 5.01. The Balaban J connectivity index is 2.18. The molecule has 0 radical (unpaired) electrons. The van der Waals surface area contributed by atoms with Gasteiger partial charge in [-0.15, -0.1) is 0 Å². The zero-order valence-electron chi connectivity index (χ0n) is 12.4. The van der Waals surface area contributed by atoms with Gasteiger partial charge >= 0.3 is 0 Å². The van der Waals surface area contributed by atoms with Gasteiger partial charge in [-0.25, -0.2) is 13.1 Å². The maximum atomic E-state index is 12.5. The summed E-state index contributed by atoms with van der Waals surface area (Å²) in [5.74, 6) is 1.09. The highest BCUT2D eigenvalue weighted by Crippen LogP contribution is 2.29. The van der Waals surface area contributed by atoms with Gasteiger partial charge in [-0.3, -0.25) is 0 Å². The number of benzene rings is 1. The lowest BCUT2D eigenvalue weighted by molar-refractivity contribution is 0.257. The predicted molar refractivity (Wildman–Crippen MR) is 88.6 cm³/mol. The van der Waals surface area contributed by atoms with Crippen LogP contribution in [0, 0.1) is 11.8 Å². The van der Waals surface area contributed by atoms with Crippen molar-refractivity contribution >= 4 is 27.2 Å². The number of rotatable bonds is 4. The summed E-state index contributed by atoms with van der Waals surface area (Å²) in [5.41, 5.74) is 6.13. The molecule has 2 atom stereocenters. The van der Waals surface area contributed by atoms with Gasteiger partial charge in [0.2, 0.25) is 10.0 Å². The molecule has 0 heterocycles. The molecule has 3 N–H and O–H groups in total. The predicted octanol–water partition coefficient (Wildman–Crippen LogP) is 2.42. The Hall–Kier alpha value is -0.980. The number of sulfonamides is 1. The highest BCUT2D eigenvalue weighted by molar-refractivity contribution is 7.89. The molecule has 0 spiro atoms. The molecule has 0 saturated heterocycles. The summed E-state index contributed by atoms with van der Waals surface area (Å²) in [5, 5.41) is 0. The minimum absolute atomic E-state index is 0.00207. The molecule has 1 aliphatic carbocycles. The summed E-state index contributed by atoms with van der Waals surface area (Å²) in [7, 11) is -3.53. The fraction of sp³-hybridized carbons (Fsp3) is 0.533. The maximum Gasteiger partial charge on any atom is 0.240 e. The Bertz CT molecular complexity index is 618. The van der Waals surface area contributed by atoms with Gasteiger partial charge in [-0.2, -0.15) is 0 Å². The molecule has 1 aromatic rings. The quantitative estimate of drug-likeness (QED) is 0.834. The molecule has 6 heteroatoms. The Labute approximate surface area is 132 Å². The van der Waals surface area contributed by atoms with Gasteiger partial charge in [-0.05, 0) is 43.2 Å². The summed E-state index contributed by atoms with van der Waals surface area (Å²) < 4.78 is 27.8. The second-order valence-corrected chi connectivity index (χ2v) is 8.28. The highest BCUT2D eigenvalue weighted by Gasteiger charge is 2.28. The lowest BCUT2D eigenvalue weighted by Gasteiger charge is -2.31. The van der Waals surface area contributed by atoms with Crippen molar-refractivity contribution in [2.75, 3.05) is 0 Å². The van der Waals surface area contributed by atoms with Gasteiger partial charge in [-0.1, -0.05) is 38.2 Å². The van der Waals surface area contributed by atoms with Gasteiger partial charge in [0, 0.05) is 11.6 Å². The van der Waals surface area contributed by atoms with Crippen LogP contribution in [0.4, 0.5) is 0 Å². The third kappa shape index (κ3) is 4.25. The van der Waals surface area contributed by atoms with Crippen LogP contribution in [0.1, 0.15) is 38.7 Å². The van der Waals surface area contributed by atoms with E-state index >= 15 is 0 Å². The van der Waals surface area contributed by atoms with E-state index in [2.05, 4.69) is 18.6 Å². The molecule has 2 rings (SSSR count). The fourth-order valence-corrected chi connectivity index (χ4v) is 4.58. The number of hydrogen-bond acceptors (Lipinski definition) is 3. The van der Waals surface area contributed by atoms with Crippen molar-refractivity contribution in [2.24, 2.45) is 17.6 Å². The molecule has 2 unspecified atom stereocenters. The van der Waals surface area contributed by atoms with Gasteiger partial charge < -0.3 is 5.73 Å². The monoisotopic (exact) mass is 326 g/mol. The van der Waals surface area contributed by atoms with E-state index < -0.39 is 10.0 Å². The average molecular weight is 326 g/mol. The summed E-state index contributed by atoms with van der Waals surface area (Å²) in [4.78, 5) is 0.422. The van der Waals surface area contributed by atoms with E-state index in [0.29, 0.717) is 17.4 Å². The first-order valence-corrected chi connectivity index (χ1v) is 9.09. The molecule has 116 valence electrons. The Morgan fingerprint density at radius 1 is 1.24 bits per heavy atom. The normalized spacial score (nSPS) is 26.5. The second kappa shape index (κ2) is 6.42. The molecule has 0 aromatic heterocycles. The van der Waals surface area contributed by atoms with E-state index in [4.69, 9.17) is 18.0 Å². The number of nitrogens with two attached hydrogens (primary N) is 1. The van der Waals surface area contributed by atoms with Gasteiger partial charge in [0.15, 0.2) is 0 Å². The first-order chi connectivity index (χ1) is 9.78. The number of hydrogen-bond donors (Lipinski definition) is 2. The van der Waals surface area contributed by atoms with Crippen LogP contribution in [0.15, 0.2) is 29.2 Å². The molecule has 21 heavy (non-hydrogen) atoms.